The van der Waals surface area contributed by atoms with Crippen LogP contribution in [0.15, 0.2) is 6.20 Å². The number of hydrogen-bond donors (Lipinski definition) is 0. The Morgan fingerprint density at radius 2 is 2.50 bits per heavy atom. The van der Waals surface area contributed by atoms with Crippen LogP contribution < -0.4 is 0 Å². The van der Waals surface area contributed by atoms with Gasteiger partial charge in [0.15, 0.2) is 5.78 Å². The Morgan fingerprint density at radius 1 is 1.70 bits per heavy atom. The highest BCUT2D eigenvalue weighted by Crippen LogP contribution is 2.32. The van der Waals surface area contributed by atoms with E-state index in [0.29, 0.717) is 10.8 Å². The van der Waals surface area contributed by atoms with Crippen molar-refractivity contribution in [1.29, 1.82) is 0 Å². The summed E-state index contributed by atoms with van der Waals surface area (Å²) >= 11 is 1.19. The summed E-state index contributed by atoms with van der Waals surface area (Å²) in [5.74, 6) is 0.525. The molecular weight excluding hydrogens is 148 g/mol. The third kappa shape index (κ3) is 0.945. The minimum absolute atomic E-state index is 0.231. The molecule has 0 N–H and O–H groups in total. The largest absolute Gasteiger partial charge is 0.293 e. The van der Waals surface area contributed by atoms with E-state index in [0.717, 1.165) is 12.8 Å². The summed E-state index contributed by atoms with van der Waals surface area (Å²) in [5, 5.41) is 3.60. The smallest absolute Gasteiger partial charge is 0.179 e. The van der Waals surface area contributed by atoms with E-state index < -0.39 is 0 Å². The molecule has 2 rings (SSSR count). The van der Waals surface area contributed by atoms with E-state index >= 15 is 0 Å². The van der Waals surface area contributed by atoms with Crippen molar-refractivity contribution in [3.63, 3.8) is 0 Å². The Bertz CT molecular complexity index is 240. The van der Waals surface area contributed by atoms with Crippen LogP contribution in [0.3, 0.4) is 0 Å². The van der Waals surface area contributed by atoms with Crippen LogP contribution in [0, 0.1) is 5.92 Å². The second-order valence-corrected chi connectivity index (χ2v) is 3.21. The fraction of sp³-hybridized carbons (Fsp3) is 0.500. The van der Waals surface area contributed by atoms with Gasteiger partial charge in [0.05, 0.1) is 6.20 Å². The third-order valence-corrected chi connectivity index (χ3v) is 2.23. The van der Waals surface area contributed by atoms with Crippen molar-refractivity contribution in [2.75, 3.05) is 0 Å². The molecule has 0 unspecified atom stereocenters. The number of hydrogen-bond acceptors (Lipinski definition) is 4. The Hall–Kier alpha value is -0.770. The molecule has 0 spiro atoms. The molecule has 52 valence electrons. The molecule has 0 radical (unpaired) electrons. The van der Waals surface area contributed by atoms with E-state index in [-0.39, 0.29) is 5.78 Å². The zero-order valence-electron chi connectivity index (χ0n) is 5.28. The van der Waals surface area contributed by atoms with E-state index in [1.54, 1.807) is 6.20 Å². The second kappa shape index (κ2) is 2.12. The maximum atomic E-state index is 11.2. The molecule has 10 heavy (non-hydrogen) atoms. The number of ketones is 1. The van der Waals surface area contributed by atoms with Crippen LogP contribution in [0.4, 0.5) is 0 Å². The van der Waals surface area contributed by atoms with Gasteiger partial charge in [-0.15, -0.1) is 5.10 Å². The van der Waals surface area contributed by atoms with Crippen molar-refractivity contribution in [3.8, 4) is 0 Å². The van der Waals surface area contributed by atoms with Crippen molar-refractivity contribution in [3.05, 3.63) is 11.1 Å². The summed E-state index contributed by atoms with van der Waals surface area (Å²) in [4.78, 5) is 11.9. The van der Waals surface area contributed by atoms with Crippen molar-refractivity contribution < 1.29 is 4.79 Å². The summed E-state index contributed by atoms with van der Waals surface area (Å²) in [6.07, 6.45) is 3.65. The highest BCUT2D eigenvalue weighted by atomic mass is 32.1. The molecule has 4 heteroatoms. The summed E-state index contributed by atoms with van der Waals surface area (Å²) in [5.41, 5.74) is 0. The molecule has 1 aliphatic rings. The average molecular weight is 154 g/mol. The number of nitrogens with zero attached hydrogens (tertiary/aromatic N) is 2. The number of Topliss-reactive ketones (excluding diaryl/α,β-unsaturated/α-hetero) is 1. The molecule has 1 fully saturated rings. The van der Waals surface area contributed by atoms with E-state index in [9.17, 15) is 4.79 Å². The molecule has 0 bridgehead atoms. The fourth-order valence-corrected chi connectivity index (χ4v) is 1.36. The van der Waals surface area contributed by atoms with Gasteiger partial charge >= 0.3 is 0 Å². The minimum Gasteiger partial charge on any atom is -0.293 e. The van der Waals surface area contributed by atoms with E-state index in [1.807, 2.05) is 0 Å². The van der Waals surface area contributed by atoms with Gasteiger partial charge in [0.2, 0.25) is 0 Å². The van der Waals surface area contributed by atoms with Crippen LogP contribution in [-0.2, 0) is 0 Å². The van der Waals surface area contributed by atoms with E-state index in [2.05, 4.69) is 9.59 Å². The lowest BCUT2D eigenvalue weighted by molar-refractivity contribution is 0.0971. The van der Waals surface area contributed by atoms with Gasteiger partial charge in [-0.1, -0.05) is 4.49 Å². The van der Waals surface area contributed by atoms with E-state index in [1.165, 1.54) is 11.5 Å². The average Bonchev–Trinajstić information content (AvgIpc) is 2.65. The molecule has 0 amide bonds. The first-order valence-electron chi connectivity index (χ1n) is 3.19. The first kappa shape index (κ1) is 5.97. The molecule has 1 aromatic heterocycles. The molecule has 0 aromatic carbocycles. The van der Waals surface area contributed by atoms with Crippen LogP contribution in [-0.4, -0.2) is 15.4 Å². The molecule has 1 aromatic rings. The lowest BCUT2D eigenvalue weighted by Crippen LogP contribution is -1.96. The Balaban J connectivity index is 2.19. The summed E-state index contributed by atoms with van der Waals surface area (Å²) in [6, 6.07) is 0. The first-order chi connectivity index (χ1) is 4.88. The monoisotopic (exact) mass is 154 g/mol. The quantitative estimate of drug-likeness (QED) is 0.600. The summed E-state index contributed by atoms with van der Waals surface area (Å²) in [6.45, 7) is 0. The van der Waals surface area contributed by atoms with Gasteiger partial charge in [-0.2, -0.15) is 0 Å². The Labute approximate surface area is 62.2 Å². The SMILES string of the molecule is O=C(c1cnns1)C1CC1. The lowest BCUT2D eigenvalue weighted by Gasteiger charge is -1.86. The zero-order valence-corrected chi connectivity index (χ0v) is 6.10. The number of rotatable bonds is 2. The van der Waals surface area contributed by atoms with Crippen LogP contribution >= 0.6 is 11.5 Å². The van der Waals surface area contributed by atoms with Crippen molar-refractivity contribution >= 4 is 17.3 Å². The van der Waals surface area contributed by atoms with Gasteiger partial charge in [-0.05, 0) is 24.4 Å². The van der Waals surface area contributed by atoms with Crippen LogP contribution in [0.25, 0.3) is 0 Å². The molecular formula is C6H6N2OS. The van der Waals surface area contributed by atoms with Gasteiger partial charge in [0, 0.05) is 5.92 Å². The maximum absolute atomic E-state index is 11.2. The molecule has 1 heterocycles. The van der Waals surface area contributed by atoms with Crippen LogP contribution in [0.5, 0.6) is 0 Å². The molecule has 0 saturated heterocycles. The van der Waals surface area contributed by atoms with Gasteiger partial charge in [0.1, 0.15) is 4.88 Å². The maximum Gasteiger partial charge on any atom is 0.179 e. The summed E-state index contributed by atoms with van der Waals surface area (Å²) in [7, 11) is 0. The van der Waals surface area contributed by atoms with Gasteiger partial charge < -0.3 is 0 Å². The van der Waals surface area contributed by atoms with Gasteiger partial charge in [-0.3, -0.25) is 4.79 Å². The predicted molar refractivity (Wildman–Crippen MR) is 37.0 cm³/mol. The zero-order chi connectivity index (χ0) is 6.97. The summed E-state index contributed by atoms with van der Waals surface area (Å²) < 4.78 is 3.62. The highest BCUT2D eigenvalue weighted by molar-refractivity contribution is 7.07. The van der Waals surface area contributed by atoms with Crippen molar-refractivity contribution in [1.82, 2.24) is 9.59 Å². The number of carbonyl (C=O) groups excluding carboxylic acids is 1. The Kier molecular flexibility index (Phi) is 1.27. The topological polar surface area (TPSA) is 42.9 Å². The number of carbonyl (C=O) groups is 1. The standard InChI is InChI=1S/C6H6N2OS/c9-6(4-1-2-4)5-3-7-8-10-5/h3-4H,1-2H2. The first-order valence-corrected chi connectivity index (χ1v) is 3.97. The molecule has 0 aliphatic heterocycles. The van der Waals surface area contributed by atoms with Gasteiger partial charge in [0.25, 0.3) is 0 Å². The minimum atomic E-state index is 0.231. The number of aromatic nitrogens is 2. The molecule has 1 saturated carbocycles. The van der Waals surface area contributed by atoms with Gasteiger partial charge in [-0.25, -0.2) is 0 Å². The van der Waals surface area contributed by atoms with Crippen molar-refractivity contribution in [2.45, 2.75) is 12.8 Å². The van der Waals surface area contributed by atoms with Crippen LogP contribution in [0.1, 0.15) is 22.5 Å². The second-order valence-electron chi connectivity index (χ2n) is 2.42. The normalized spacial score (nSPS) is 17.2. The lowest BCUT2D eigenvalue weighted by atomic mass is 10.2. The fourth-order valence-electron chi connectivity index (χ4n) is 0.822. The van der Waals surface area contributed by atoms with Crippen molar-refractivity contribution in [2.24, 2.45) is 5.92 Å². The molecule has 3 nitrogen and oxygen atoms in total. The predicted octanol–water partition coefficient (Wildman–Crippen LogP) is 1.13. The van der Waals surface area contributed by atoms with E-state index in [4.69, 9.17) is 0 Å². The Morgan fingerprint density at radius 3 is 3.00 bits per heavy atom. The molecule has 0 atom stereocenters. The third-order valence-electron chi connectivity index (χ3n) is 1.55. The molecule has 1 aliphatic carbocycles. The van der Waals surface area contributed by atoms with Crippen LogP contribution in [0.2, 0.25) is 0 Å². The highest BCUT2D eigenvalue weighted by Gasteiger charge is 2.31.